The van der Waals surface area contributed by atoms with Gasteiger partial charge < -0.3 is 4.90 Å². The maximum Gasteiger partial charge on any atom is 0.151 e. The van der Waals surface area contributed by atoms with Gasteiger partial charge in [0.15, 0.2) is 5.82 Å². The summed E-state index contributed by atoms with van der Waals surface area (Å²) < 4.78 is 0. The van der Waals surface area contributed by atoms with E-state index in [0.717, 1.165) is 11.5 Å². The van der Waals surface area contributed by atoms with E-state index in [-0.39, 0.29) is 0 Å². The van der Waals surface area contributed by atoms with Crippen molar-refractivity contribution >= 4 is 11.5 Å². The van der Waals surface area contributed by atoms with Crippen LogP contribution >= 0.6 is 0 Å². The van der Waals surface area contributed by atoms with Gasteiger partial charge in [0, 0.05) is 25.1 Å². The molecule has 0 saturated carbocycles. The number of rotatable bonds is 2. The fraction of sp³-hybridized carbons (Fsp3) is 0.0833. The highest BCUT2D eigenvalue weighted by Crippen LogP contribution is 2.20. The Morgan fingerprint density at radius 1 is 1.19 bits per heavy atom. The predicted molar refractivity (Wildman–Crippen MR) is 61.3 cm³/mol. The summed E-state index contributed by atoms with van der Waals surface area (Å²) in [6, 6.07) is 9.41. The second kappa shape index (κ2) is 4.41. The molecule has 0 amide bonds. The zero-order valence-corrected chi connectivity index (χ0v) is 8.83. The molecule has 0 saturated heterocycles. The molecule has 0 spiro atoms. The molecule has 0 fully saturated rings. The van der Waals surface area contributed by atoms with Crippen LogP contribution < -0.4 is 4.90 Å². The van der Waals surface area contributed by atoms with Gasteiger partial charge in [-0.15, -0.1) is 0 Å². The fourth-order valence-corrected chi connectivity index (χ4v) is 1.36. The Hall–Kier alpha value is -2.41. The Morgan fingerprint density at radius 2 is 1.94 bits per heavy atom. The van der Waals surface area contributed by atoms with Gasteiger partial charge in [-0.25, -0.2) is 4.98 Å². The molecule has 0 bridgehead atoms. The first-order chi connectivity index (χ1) is 7.81. The van der Waals surface area contributed by atoms with Gasteiger partial charge in [-0.1, -0.05) is 0 Å². The Labute approximate surface area is 93.8 Å². The molecule has 2 rings (SSSR count). The molecule has 78 valence electrons. The summed E-state index contributed by atoms with van der Waals surface area (Å²) in [7, 11) is 1.91. The van der Waals surface area contributed by atoms with Crippen molar-refractivity contribution in [2.24, 2.45) is 0 Å². The Bertz CT molecular complexity index is 499. The number of benzene rings is 1. The third-order valence-electron chi connectivity index (χ3n) is 2.28. The van der Waals surface area contributed by atoms with Gasteiger partial charge >= 0.3 is 0 Å². The van der Waals surface area contributed by atoms with Crippen LogP contribution in [-0.2, 0) is 0 Å². The Balaban J connectivity index is 2.28. The second-order valence-corrected chi connectivity index (χ2v) is 3.28. The van der Waals surface area contributed by atoms with Crippen molar-refractivity contribution in [3.8, 4) is 6.07 Å². The van der Waals surface area contributed by atoms with Crippen molar-refractivity contribution in [3.63, 3.8) is 0 Å². The highest BCUT2D eigenvalue weighted by atomic mass is 15.2. The molecular weight excluding hydrogens is 200 g/mol. The lowest BCUT2D eigenvalue weighted by atomic mass is 10.2. The van der Waals surface area contributed by atoms with E-state index >= 15 is 0 Å². The van der Waals surface area contributed by atoms with Crippen LogP contribution in [0, 0.1) is 11.3 Å². The SMILES string of the molecule is CN(c1ccc(C#N)cc1)c1cnccn1. The summed E-state index contributed by atoms with van der Waals surface area (Å²) in [6.07, 6.45) is 4.98. The van der Waals surface area contributed by atoms with Crippen LogP contribution in [0.2, 0.25) is 0 Å². The van der Waals surface area contributed by atoms with Crippen molar-refractivity contribution in [1.29, 1.82) is 5.26 Å². The van der Waals surface area contributed by atoms with Crippen molar-refractivity contribution in [1.82, 2.24) is 9.97 Å². The lowest BCUT2D eigenvalue weighted by molar-refractivity contribution is 1.09. The van der Waals surface area contributed by atoms with Crippen molar-refractivity contribution in [3.05, 3.63) is 48.4 Å². The standard InChI is InChI=1S/C12H10N4/c1-16(12-9-14-6-7-15-12)11-4-2-10(8-13)3-5-11/h2-7,9H,1H3. The largest absolute Gasteiger partial charge is 0.328 e. The molecule has 1 aromatic heterocycles. The van der Waals surface area contributed by atoms with Gasteiger partial charge in [-0.05, 0) is 24.3 Å². The number of anilines is 2. The molecule has 0 atom stereocenters. The molecule has 0 N–H and O–H groups in total. The monoisotopic (exact) mass is 210 g/mol. The first-order valence-corrected chi connectivity index (χ1v) is 4.81. The van der Waals surface area contributed by atoms with Gasteiger partial charge in [0.05, 0.1) is 17.8 Å². The van der Waals surface area contributed by atoms with Crippen molar-refractivity contribution < 1.29 is 0 Å². The zero-order chi connectivity index (χ0) is 11.4. The number of nitriles is 1. The molecule has 4 nitrogen and oxygen atoms in total. The lowest BCUT2D eigenvalue weighted by Crippen LogP contribution is -2.10. The van der Waals surface area contributed by atoms with Crippen molar-refractivity contribution in [2.75, 3.05) is 11.9 Å². The van der Waals surface area contributed by atoms with Crippen LogP contribution in [0.1, 0.15) is 5.56 Å². The molecule has 16 heavy (non-hydrogen) atoms. The van der Waals surface area contributed by atoms with Gasteiger partial charge in [0.2, 0.25) is 0 Å². The first kappa shape index (κ1) is 10.1. The molecular formula is C12H10N4. The first-order valence-electron chi connectivity index (χ1n) is 4.81. The Morgan fingerprint density at radius 3 is 2.50 bits per heavy atom. The maximum atomic E-state index is 8.70. The minimum absolute atomic E-state index is 0.649. The van der Waals surface area contributed by atoms with E-state index in [0.29, 0.717) is 5.56 Å². The maximum absolute atomic E-state index is 8.70. The molecule has 0 aliphatic heterocycles. The van der Waals surface area contributed by atoms with Crippen LogP contribution in [0.3, 0.4) is 0 Å². The second-order valence-electron chi connectivity index (χ2n) is 3.28. The van der Waals surface area contributed by atoms with E-state index in [4.69, 9.17) is 5.26 Å². The number of nitrogens with zero attached hydrogens (tertiary/aromatic N) is 4. The molecule has 2 aromatic rings. The smallest absolute Gasteiger partial charge is 0.151 e. The van der Waals surface area contributed by atoms with E-state index in [9.17, 15) is 0 Å². The van der Waals surface area contributed by atoms with Gasteiger partial charge in [-0.3, -0.25) is 4.98 Å². The normalized spacial score (nSPS) is 9.50. The molecule has 1 heterocycles. The number of aromatic nitrogens is 2. The van der Waals surface area contributed by atoms with E-state index in [1.54, 1.807) is 30.7 Å². The number of hydrogen-bond donors (Lipinski definition) is 0. The van der Waals surface area contributed by atoms with Crippen LogP contribution in [-0.4, -0.2) is 17.0 Å². The minimum Gasteiger partial charge on any atom is -0.328 e. The molecule has 4 heteroatoms. The zero-order valence-electron chi connectivity index (χ0n) is 8.83. The molecule has 1 aromatic carbocycles. The van der Waals surface area contributed by atoms with Gasteiger partial charge in [0.1, 0.15) is 0 Å². The quantitative estimate of drug-likeness (QED) is 0.761. The third-order valence-corrected chi connectivity index (χ3v) is 2.28. The highest BCUT2D eigenvalue weighted by molar-refractivity contribution is 5.59. The summed E-state index contributed by atoms with van der Waals surface area (Å²) in [5.41, 5.74) is 1.62. The highest BCUT2D eigenvalue weighted by Gasteiger charge is 2.04. The van der Waals surface area contributed by atoms with Crippen LogP contribution in [0.5, 0.6) is 0 Å². The molecule has 0 unspecified atom stereocenters. The minimum atomic E-state index is 0.649. The molecule has 0 radical (unpaired) electrons. The van der Waals surface area contributed by atoms with Gasteiger partial charge in [0.25, 0.3) is 0 Å². The van der Waals surface area contributed by atoms with E-state index < -0.39 is 0 Å². The summed E-state index contributed by atoms with van der Waals surface area (Å²) in [5, 5.41) is 8.70. The van der Waals surface area contributed by atoms with E-state index in [2.05, 4.69) is 16.0 Å². The lowest BCUT2D eigenvalue weighted by Gasteiger charge is -2.17. The molecule has 0 aliphatic carbocycles. The average Bonchev–Trinajstić information content (AvgIpc) is 2.39. The summed E-state index contributed by atoms with van der Waals surface area (Å²) in [4.78, 5) is 10.1. The Kier molecular flexibility index (Phi) is 2.79. The number of hydrogen-bond acceptors (Lipinski definition) is 4. The van der Waals surface area contributed by atoms with Crippen molar-refractivity contribution in [2.45, 2.75) is 0 Å². The van der Waals surface area contributed by atoms with Crippen LogP contribution in [0.25, 0.3) is 0 Å². The van der Waals surface area contributed by atoms with Crippen LogP contribution in [0.15, 0.2) is 42.9 Å². The van der Waals surface area contributed by atoms with E-state index in [1.807, 2.05) is 24.1 Å². The summed E-state index contributed by atoms with van der Waals surface area (Å²) in [5.74, 6) is 0.771. The molecule has 0 aliphatic rings. The van der Waals surface area contributed by atoms with E-state index in [1.165, 1.54) is 0 Å². The van der Waals surface area contributed by atoms with Gasteiger partial charge in [-0.2, -0.15) is 5.26 Å². The summed E-state index contributed by atoms with van der Waals surface area (Å²) in [6.45, 7) is 0. The predicted octanol–water partition coefficient (Wildman–Crippen LogP) is 2.12. The summed E-state index contributed by atoms with van der Waals surface area (Å²) >= 11 is 0. The average molecular weight is 210 g/mol. The van der Waals surface area contributed by atoms with Crippen LogP contribution in [0.4, 0.5) is 11.5 Å². The fourth-order valence-electron chi connectivity index (χ4n) is 1.36. The topological polar surface area (TPSA) is 52.8 Å². The third kappa shape index (κ3) is 1.98.